The number of pyridine rings is 1. The molecule has 1 aromatic carbocycles. The number of aromatic nitrogens is 1. The van der Waals surface area contributed by atoms with Crippen molar-refractivity contribution in [3.8, 4) is 5.75 Å². The molecule has 6 nitrogen and oxygen atoms in total. The van der Waals surface area contributed by atoms with Gasteiger partial charge in [0.05, 0.1) is 24.2 Å². The summed E-state index contributed by atoms with van der Waals surface area (Å²) in [6.45, 7) is 3.18. The molecule has 3 fully saturated rings. The summed E-state index contributed by atoms with van der Waals surface area (Å²) in [6, 6.07) is 9.77. The number of piperidine rings is 1. The lowest BCUT2D eigenvalue weighted by atomic mass is 9.80. The second-order valence-corrected chi connectivity index (χ2v) is 11.3. The molecule has 6 rings (SSSR count). The number of likely N-dealkylation sites (tertiary alicyclic amines) is 1. The Hall–Kier alpha value is -2.65. The highest BCUT2D eigenvalue weighted by atomic mass is 19.4. The van der Waals surface area contributed by atoms with Crippen LogP contribution < -0.4 is 4.74 Å². The molecule has 0 bridgehead atoms. The third-order valence-corrected chi connectivity index (χ3v) is 9.26. The summed E-state index contributed by atoms with van der Waals surface area (Å²) in [7, 11) is 1.69. The van der Waals surface area contributed by atoms with Gasteiger partial charge in [-0.3, -0.25) is 9.78 Å². The minimum Gasteiger partial charge on any atom is -0.497 e. The lowest BCUT2D eigenvalue weighted by Crippen LogP contribution is -2.48. The summed E-state index contributed by atoms with van der Waals surface area (Å²) < 4.78 is 51.3. The molecule has 9 heteroatoms. The van der Waals surface area contributed by atoms with Crippen LogP contribution in [-0.2, 0) is 28.7 Å². The van der Waals surface area contributed by atoms with E-state index in [1.54, 1.807) is 12.0 Å². The SMILES string of the molecule is COc1cccc(C2CCN([C@@H]3C[C@H]4OCC[C@@]4(C(=O)N4CCc5ncc(C(F)(F)F)cc5C4)C3)CC2)c1. The van der Waals surface area contributed by atoms with Crippen LogP contribution in [0.1, 0.15) is 60.4 Å². The van der Waals surface area contributed by atoms with E-state index in [-0.39, 0.29) is 24.6 Å². The molecule has 3 atom stereocenters. The van der Waals surface area contributed by atoms with Crippen molar-refractivity contribution in [2.45, 2.75) is 69.3 Å². The smallest absolute Gasteiger partial charge is 0.417 e. The van der Waals surface area contributed by atoms with E-state index in [0.29, 0.717) is 43.2 Å². The first-order valence-electron chi connectivity index (χ1n) is 13.6. The number of nitrogens with zero attached hydrogens (tertiary/aromatic N) is 3. The molecule has 0 spiro atoms. The van der Waals surface area contributed by atoms with Crippen LogP contribution in [0.25, 0.3) is 0 Å². The lowest BCUT2D eigenvalue weighted by Gasteiger charge is -2.38. The molecule has 2 saturated heterocycles. The summed E-state index contributed by atoms with van der Waals surface area (Å²) in [5, 5.41) is 0. The number of ether oxygens (including phenoxy) is 2. The maximum Gasteiger partial charge on any atom is 0.417 e. The van der Waals surface area contributed by atoms with Gasteiger partial charge in [-0.25, -0.2) is 0 Å². The van der Waals surface area contributed by atoms with Gasteiger partial charge in [0, 0.05) is 44.0 Å². The van der Waals surface area contributed by atoms with Gasteiger partial charge in [0.2, 0.25) is 5.91 Å². The van der Waals surface area contributed by atoms with Gasteiger partial charge in [-0.05, 0) is 80.4 Å². The molecule has 3 aliphatic heterocycles. The van der Waals surface area contributed by atoms with Crippen LogP contribution in [0.2, 0.25) is 0 Å². The zero-order valence-corrected chi connectivity index (χ0v) is 21.7. The topological polar surface area (TPSA) is 54.9 Å². The van der Waals surface area contributed by atoms with Crippen LogP contribution in [0.3, 0.4) is 0 Å². The second kappa shape index (κ2) is 9.83. The zero-order valence-electron chi connectivity index (χ0n) is 21.7. The van der Waals surface area contributed by atoms with E-state index in [0.717, 1.165) is 56.8 Å². The predicted octanol–water partition coefficient (Wildman–Crippen LogP) is 4.81. The number of alkyl halides is 3. The number of methoxy groups -OCH3 is 1. The fourth-order valence-electron chi connectivity index (χ4n) is 7.15. The Bertz CT molecular complexity index is 1200. The summed E-state index contributed by atoms with van der Waals surface area (Å²) in [5.74, 6) is 1.42. The molecular weight excluding hydrogens is 495 g/mol. The molecule has 204 valence electrons. The largest absolute Gasteiger partial charge is 0.497 e. The van der Waals surface area contributed by atoms with Gasteiger partial charge in [0.1, 0.15) is 5.75 Å². The predicted molar refractivity (Wildman–Crippen MR) is 135 cm³/mol. The van der Waals surface area contributed by atoms with Crippen molar-refractivity contribution in [1.82, 2.24) is 14.8 Å². The Morgan fingerprint density at radius 3 is 2.76 bits per heavy atom. The van der Waals surface area contributed by atoms with E-state index >= 15 is 0 Å². The highest BCUT2D eigenvalue weighted by Crippen LogP contribution is 2.51. The highest BCUT2D eigenvalue weighted by molar-refractivity contribution is 5.84. The minimum atomic E-state index is -4.45. The second-order valence-electron chi connectivity index (χ2n) is 11.3. The van der Waals surface area contributed by atoms with E-state index in [1.807, 2.05) is 12.1 Å². The van der Waals surface area contributed by atoms with Crippen LogP contribution in [0.5, 0.6) is 5.75 Å². The summed E-state index contributed by atoms with van der Waals surface area (Å²) in [5.41, 5.74) is 1.13. The first-order chi connectivity index (χ1) is 18.3. The van der Waals surface area contributed by atoms with Gasteiger partial charge in [0.15, 0.2) is 0 Å². The van der Waals surface area contributed by atoms with Crippen molar-refractivity contribution >= 4 is 5.91 Å². The number of hydrogen-bond acceptors (Lipinski definition) is 5. The maximum absolute atomic E-state index is 14.0. The third-order valence-electron chi connectivity index (χ3n) is 9.26. The molecule has 1 saturated carbocycles. The first kappa shape index (κ1) is 25.6. The Labute approximate surface area is 221 Å². The monoisotopic (exact) mass is 529 g/mol. The van der Waals surface area contributed by atoms with Gasteiger partial charge in [-0.2, -0.15) is 13.2 Å². The number of rotatable bonds is 4. The molecule has 2 aromatic rings. The lowest BCUT2D eigenvalue weighted by molar-refractivity contribution is -0.145. The van der Waals surface area contributed by atoms with Gasteiger partial charge < -0.3 is 19.3 Å². The Kier molecular flexibility index (Phi) is 6.63. The number of carbonyl (C=O) groups excluding carboxylic acids is 1. The van der Waals surface area contributed by atoms with E-state index < -0.39 is 17.2 Å². The van der Waals surface area contributed by atoms with Crippen LogP contribution in [0, 0.1) is 5.41 Å². The summed E-state index contributed by atoms with van der Waals surface area (Å²) >= 11 is 0. The Balaban J connectivity index is 1.13. The Morgan fingerprint density at radius 2 is 2.00 bits per heavy atom. The van der Waals surface area contributed by atoms with Crippen LogP contribution in [0.15, 0.2) is 36.5 Å². The molecule has 1 aromatic heterocycles. The van der Waals surface area contributed by atoms with Crippen molar-refractivity contribution in [2.24, 2.45) is 5.41 Å². The maximum atomic E-state index is 14.0. The van der Waals surface area contributed by atoms with E-state index in [4.69, 9.17) is 9.47 Å². The highest BCUT2D eigenvalue weighted by Gasteiger charge is 2.58. The van der Waals surface area contributed by atoms with E-state index in [1.165, 1.54) is 5.56 Å². The van der Waals surface area contributed by atoms with Gasteiger partial charge in [-0.1, -0.05) is 12.1 Å². The number of fused-ring (bicyclic) bond motifs is 2. The van der Waals surface area contributed by atoms with Crippen molar-refractivity contribution in [2.75, 3.05) is 33.4 Å². The molecule has 4 heterocycles. The molecular formula is C29H34F3N3O3. The summed E-state index contributed by atoms with van der Waals surface area (Å²) in [4.78, 5) is 22.3. The van der Waals surface area contributed by atoms with E-state index in [2.05, 4.69) is 22.0 Å². The molecule has 0 unspecified atom stereocenters. The van der Waals surface area contributed by atoms with Gasteiger partial charge >= 0.3 is 6.18 Å². The average molecular weight is 530 g/mol. The van der Waals surface area contributed by atoms with Crippen LogP contribution >= 0.6 is 0 Å². The normalized spacial score (nSPS) is 28.3. The molecule has 1 aliphatic carbocycles. The summed E-state index contributed by atoms with van der Waals surface area (Å²) in [6.07, 6.45) is 1.19. The van der Waals surface area contributed by atoms with Crippen molar-refractivity contribution < 1.29 is 27.4 Å². The number of benzene rings is 1. The van der Waals surface area contributed by atoms with Gasteiger partial charge in [0.25, 0.3) is 0 Å². The first-order valence-corrected chi connectivity index (χ1v) is 13.6. The van der Waals surface area contributed by atoms with Crippen molar-refractivity contribution in [3.63, 3.8) is 0 Å². The number of hydrogen-bond donors (Lipinski definition) is 0. The Morgan fingerprint density at radius 1 is 1.18 bits per heavy atom. The standard InChI is InChI=1S/C29H34F3N3O3/c1-37-24-4-2-3-20(14-24)19-5-9-34(10-6-19)23-15-26-28(16-23,8-12-38-26)27(36)35-11-7-25-21(18-35)13-22(17-33-25)29(30,31)32/h2-4,13-14,17,19,23,26H,5-12,15-16,18H2,1H3/t23-,26-,28-/m1/s1. The number of halogens is 3. The number of carbonyl (C=O) groups is 1. The molecule has 38 heavy (non-hydrogen) atoms. The van der Waals surface area contributed by atoms with E-state index in [9.17, 15) is 18.0 Å². The van der Waals surface area contributed by atoms with Crippen molar-refractivity contribution in [3.05, 3.63) is 58.9 Å². The number of amides is 1. The van der Waals surface area contributed by atoms with Crippen LogP contribution in [0.4, 0.5) is 13.2 Å². The fraction of sp³-hybridized carbons (Fsp3) is 0.586. The molecule has 4 aliphatic rings. The fourth-order valence-corrected chi connectivity index (χ4v) is 7.15. The molecule has 0 N–H and O–H groups in total. The van der Waals surface area contributed by atoms with Gasteiger partial charge in [-0.15, -0.1) is 0 Å². The zero-order chi connectivity index (χ0) is 26.5. The van der Waals surface area contributed by atoms with Crippen LogP contribution in [-0.4, -0.2) is 66.2 Å². The average Bonchev–Trinajstić information content (AvgIpc) is 3.50. The minimum absolute atomic E-state index is 0.0387. The van der Waals surface area contributed by atoms with Crippen molar-refractivity contribution in [1.29, 1.82) is 0 Å². The molecule has 0 radical (unpaired) electrons. The third kappa shape index (κ3) is 4.57. The molecule has 1 amide bonds. The quantitative estimate of drug-likeness (QED) is 0.569.